The number of hydrogen-bond donors (Lipinski definition) is 1. The lowest BCUT2D eigenvalue weighted by atomic mass is 10.2. The standard InChI is InChI=1S/C13H14F3NO3.C2H6/c14-13(15,16)9-2-1-3-10(6-9)17-5-4-11(7-17)20-8-12(18)19;1-2/h1-3,6,11H,4-5,7-8H2,(H,18,19);1-2H3. The van der Waals surface area contributed by atoms with Gasteiger partial charge >= 0.3 is 12.1 Å². The number of carboxylic acids is 1. The summed E-state index contributed by atoms with van der Waals surface area (Å²) in [5, 5.41) is 8.52. The molecule has 4 nitrogen and oxygen atoms in total. The number of halogens is 3. The van der Waals surface area contributed by atoms with E-state index < -0.39 is 17.7 Å². The van der Waals surface area contributed by atoms with Gasteiger partial charge in [0.25, 0.3) is 0 Å². The number of benzene rings is 1. The van der Waals surface area contributed by atoms with E-state index in [0.29, 0.717) is 25.2 Å². The number of carbonyl (C=O) groups is 1. The summed E-state index contributed by atoms with van der Waals surface area (Å²) in [7, 11) is 0. The minimum Gasteiger partial charge on any atom is -0.480 e. The van der Waals surface area contributed by atoms with Crippen molar-refractivity contribution in [2.24, 2.45) is 0 Å². The maximum Gasteiger partial charge on any atom is 0.416 e. The van der Waals surface area contributed by atoms with E-state index in [4.69, 9.17) is 9.84 Å². The molecular weight excluding hydrogens is 299 g/mol. The number of aliphatic carboxylic acids is 1. The van der Waals surface area contributed by atoms with Crippen LogP contribution in [0.5, 0.6) is 0 Å². The molecule has 1 heterocycles. The average molecular weight is 319 g/mol. The highest BCUT2D eigenvalue weighted by Gasteiger charge is 2.31. The Morgan fingerprint density at radius 3 is 2.68 bits per heavy atom. The molecule has 7 heteroatoms. The lowest BCUT2D eigenvalue weighted by Crippen LogP contribution is -2.24. The molecule has 0 amide bonds. The van der Waals surface area contributed by atoms with Gasteiger partial charge in [-0.15, -0.1) is 0 Å². The van der Waals surface area contributed by atoms with Crippen LogP contribution in [0.2, 0.25) is 0 Å². The molecule has 0 radical (unpaired) electrons. The molecule has 1 aliphatic heterocycles. The van der Waals surface area contributed by atoms with E-state index in [0.717, 1.165) is 12.1 Å². The van der Waals surface area contributed by atoms with Crippen LogP contribution in [0.4, 0.5) is 18.9 Å². The van der Waals surface area contributed by atoms with Crippen LogP contribution < -0.4 is 4.90 Å². The van der Waals surface area contributed by atoms with Gasteiger partial charge in [-0.05, 0) is 24.6 Å². The summed E-state index contributed by atoms with van der Waals surface area (Å²) < 4.78 is 43.0. The second-order valence-electron chi connectivity index (χ2n) is 4.61. The fraction of sp³-hybridized carbons (Fsp3) is 0.533. The molecule has 0 aromatic heterocycles. The zero-order valence-electron chi connectivity index (χ0n) is 12.6. The molecular formula is C15H20F3NO3. The van der Waals surface area contributed by atoms with Crippen LogP contribution in [0, 0.1) is 0 Å². The summed E-state index contributed by atoms with van der Waals surface area (Å²) >= 11 is 0. The normalized spacial score (nSPS) is 17.9. The van der Waals surface area contributed by atoms with E-state index in [1.807, 2.05) is 13.8 Å². The second-order valence-corrected chi connectivity index (χ2v) is 4.61. The lowest BCUT2D eigenvalue weighted by molar-refractivity contribution is -0.144. The summed E-state index contributed by atoms with van der Waals surface area (Å²) in [6.45, 7) is 4.56. The van der Waals surface area contributed by atoms with Crippen LogP contribution >= 0.6 is 0 Å². The number of anilines is 1. The molecule has 1 fully saturated rings. The van der Waals surface area contributed by atoms with Crippen LogP contribution in [0.15, 0.2) is 24.3 Å². The number of ether oxygens (including phenoxy) is 1. The van der Waals surface area contributed by atoms with Crippen molar-refractivity contribution in [2.45, 2.75) is 32.5 Å². The van der Waals surface area contributed by atoms with Crippen LogP contribution in [-0.4, -0.2) is 36.9 Å². The number of carboxylic acid groups (broad SMARTS) is 1. The summed E-state index contributed by atoms with van der Waals surface area (Å²) in [5.74, 6) is -1.05. The van der Waals surface area contributed by atoms with Gasteiger partial charge in [0.05, 0.1) is 11.7 Å². The van der Waals surface area contributed by atoms with E-state index in [2.05, 4.69) is 0 Å². The molecule has 2 rings (SSSR count). The Bertz CT molecular complexity index is 491. The first kappa shape index (κ1) is 18.3. The molecule has 22 heavy (non-hydrogen) atoms. The van der Waals surface area contributed by atoms with Crippen molar-refractivity contribution < 1.29 is 27.8 Å². The number of nitrogens with zero attached hydrogens (tertiary/aromatic N) is 1. The summed E-state index contributed by atoms with van der Waals surface area (Å²) in [4.78, 5) is 12.2. The Morgan fingerprint density at radius 1 is 1.41 bits per heavy atom. The Morgan fingerprint density at radius 2 is 2.09 bits per heavy atom. The predicted octanol–water partition coefficient (Wildman–Crippen LogP) is 3.41. The largest absolute Gasteiger partial charge is 0.480 e. The minimum atomic E-state index is -4.37. The van der Waals surface area contributed by atoms with E-state index >= 15 is 0 Å². The predicted molar refractivity (Wildman–Crippen MR) is 77.0 cm³/mol. The van der Waals surface area contributed by atoms with Gasteiger partial charge in [-0.3, -0.25) is 0 Å². The maximum absolute atomic E-state index is 12.6. The van der Waals surface area contributed by atoms with Crippen molar-refractivity contribution in [2.75, 3.05) is 24.6 Å². The zero-order chi connectivity index (χ0) is 16.8. The highest BCUT2D eigenvalue weighted by Crippen LogP contribution is 2.32. The molecule has 0 spiro atoms. The van der Waals surface area contributed by atoms with E-state index in [1.165, 1.54) is 6.07 Å². The van der Waals surface area contributed by atoms with Crippen LogP contribution in [-0.2, 0) is 15.7 Å². The smallest absolute Gasteiger partial charge is 0.416 e. The van der Waals surface area contributed by atoms with Crippen molar-refractivity contribution >= 4 is 11.7 Å². The van der Waals surface area contributed by atoms with Gasteiger partial charge in [0.2, 0.25) is 0 Å². The Kier molecular flexibility index (Phi) is 6.67. The first-order valence-corrected chi connectivity index (χ1v) is 7.12. The highest BCUT2D eigenvalue weighted by atomic mass is 19.4. The number of rotatable bonds is 4. The molecule has 1 atom stereocenters. The zero-order valence-corrected chi connectivity index (χ0v) is 12.6. The third-order valence-corrected chi connectivity index (χ3v) is 3.13. The molecule has 124 valence electrons. The Balaban J connectivity index is 0.00000116. The third-order valence-electron chi connectivity index (χ3n) is 3.13. The molecule has 1 aromatic carbocycles. The molecule has 1 aliphatic rings. The SMILES string of the molecule is CC.O=C(O)COC1CCN(c2cccc(C(F)(F)F)c2)C1. The first-order valence-electron chi connectivity index (χ1n) is 7.12. The van der Waals surface area contributed by atoms with E-state index in [9.17, 15) is 18.0 Å². The second kappa shape index (κ2) is 8.03. The summed E-state index contributed by atoms with van der Waals surface area (Å²) in [6.07, 6.45) is -4.03. The van der Waals surface area contributed by atoms with Gasteiger partial charge in [-0.2, -0.15) is 13.2 Å². The molecule has 0 saturated carbocycles. The molecule has 1 unspecified atom stereocenters. The average Bonchev–Trinajstić information content (AvgIpc) is 2.95. The number of hydrogen-bond acceptors (Lipinski definition) is 3. The highest BCUT2D eigenvalue weighted by molar-refractivity contribution is 5.68. The van der Waals surface area contributed by atoms with E-state index in [1.54, 1.807) is 11.0 Å². The first-order chi connectivity index (χ1) is 10.4. The van der Waals surface area contributed by atoms with Crippen LogP contribution in [0.25, 0.3) is 0 Å². The van der Waals surface area contributed by atoms with Gasteiger partial charge in [0, 0.05) is 18.8 Å². The van der Waals surface area contributed by atoms with Crippen molar-refractivity contribution in [3.05, 3.63) is 29.8 Å². The fourth-order valence-electron chi connectivity index (χ4n) is 2.17. The summed E-state index contributed by atoms with van der Waals surface area (Å²) in [5.41, 5.74) is -0.217. The van der Waals surface area contributed by atoms with Gasteiger partial charge in [-0.25, -0.2) is 4.79 Å². The van der Waals surface area contributed by atoms with Gasteiger partial charge in [0.15, 0.2) is 0 Å². The van der Waals surface area contributed by atoms with Crippen molar-refractivity contribution in [3.63, 3.8) is 0 Å². The number of alkyl halides is 3. The third kappa shape index (κ3) is 5.22. The van der Waals surface area contributed by atoms with Gasteiger partial charge in [0.1, 0.15) is 6.61 Å². The Hall–Kier alpha value is -1.76. The van der Waals surface area contributed by atoms with Gasteiger partial charge in [-0.1, -0.05) is 19.9 Å². The van der Waals surface area contributed by atoms with Crippen LogP contribution in [0.1, 0.15) is 25.8 Å². The molecule has 1 aromatic rings. The van der Waals surface area contributed by atoms with Gasteiger partial charge < -0.3 is 14.7 Å². The maximum atomic E-state index is 12.6. The molecule has 1 saturated heterocycles. The lowest BCUT2D eigenvalue weighted by Gasteiger charge is -2.20. The van der Waals surface area contributed by atoms with Crippen molar-refractivity contribution in [3.8, 4) is 0 Å². The molecule has 0 bridgehead atoms. The monoisotopic (exact) mass is 319 g/mol. The quantitative estimate of drug-likeness (QED) is 0.924. The fourth-order valence-corrected chi connectivity index (χ4v) is 2.17. The molecule has 0 aliphatic carbocycles. The van der Waals surface area contributed by atoms with E-state index in [-0.39, 0.29) is 12.7 Å². The summed E-state index contributed by atoms with van der Waals surface area (Å²) in [6, 6.07) is 5.09. The topological polar surface area (TPSA) is 49.8 Å². The minimum absolute atomic E-state index is 0.263. The Labute approximate surface area is 127 Å². The molecule has 1 N–H and O–H groups in total. The van der Waals surface area contributed by atoms with Crippen LogP contribution in [0.3, 0.4) is 0 Å². The van der Waals surface area contributed by atoms with Crippen molar-refractivity contribution in [1.82, 2.24) is 0 Å². The van der Waals surface area contributed by atoms with Crippen molar-refractivity contribution in [1.29, 1.82) is 0 Å².